The second-order valence-electron chi connectivity index (χ2n) is 1.71. The van der Waals surface area contributed by atoms with Crippen molar-refractivity contribution in [2.75, 3.05) is 0 Å². The summed E-state index contributed by atoms with van der Waals surface area (Å²) in [5, 5.41) is 0. The Morgan fingerprint density at radius 3 is 0.417 bits per heavy atom. The van der Waals surface area contributed by atoms with Gasteiger partial charge in [0.1, 0.15) is 0 Å². The summed E-state index contributed by atoms with van der Waals surface area (Å²) in [5.74, 6) is 0. The molecule has 128 valence electrons. The Hall–Kier alpha value is 3.48. The van der Waals surface area contributed by atoms with Crippen molar-refractivity contribution < 1.29 is 188 Å². The summed E-state index contributed by atoms with van der Waals surface area (Å²) in [7, 11) is -19.7. The van der Waals surface area contributed by atoms with Crippen LogP contribution < -0.4 is 118 Å². The number of hydrogen-bond acceptors (Lipinski definition) is 12. The summed E-state index contributed by atoms with van der Waals surface area (Å²) in [6.07, 6.45) is 0. The maximum Gasteiger partial charge on any atom is 1.00 e. The molecule has 0 aromatic heterocycles. The third-order valence-corrected chi connectivity index (χ3v) is 0. The second kappa shape index (κ2) is 22.8. The molecule has 0 spiro atoms. The van der Waals surface area contributed by atoms with Gasteiger partial charge in [0.15, 0.2) is 0 Å². The summed E-state index contributed by atoms with van der Waals surface area (Å²) < 4.78 is 131. The fraction of sp³-hybridized carbons (Fsp3) is 0. The molecule has 0 radical (unpaired) electrons. The van der Waals surface area contributed by atoms with Gasteiger partial charge in [-0.3, -0.25) is 35.0 Å². The summed E-state index contributed by atoms with van der Waals surface area (Å²) in [6.45, 7) is 0. The monoisotopic (exact) mass is 480 g/mol. The Morgan fingerprint density at radius 2 is 0.417 bits per heavy atom. The zero-order valence-corrected chi connectivity index (χ0v) is 23.6. The average Bonchev–Trinajstić information content (AvgIpc) is 1.62. The van der Waals surface area contributed by atoms with E-state index in [0.717, 1.165) is 0 Å². The van der Waals surface area contributed by atoms with E-state index in [1.54, 1.807) is 0 Å². The molecule has 24 heteroatoms. The van der Waals surface area contributed by atoms with Gasteiger partial charge in [0.05, 0.1) is 0 Å². The molecule has 0 aliphatic heterocycles. The molecule has 0 aliphatic rings. The molecule has 0 saturated carbocycles. The van der Waals surface area contributed by atoms with Crippen molar-refractivity contribution in [2.45, 2.75) is 0 Å². The third kappa shape index (κ3) is 1260. The first kappa shape index (κ1) is 50.8. The first-order chi connectivity index (χ1) is 8.00. The van der Waals surface area contributed by atoms with Crippen molar-refractivity contribution in [3.8, 4) is 0 Å². The molecule has 0 bridgehead atoms. The van der Waals surface area contributed by atoms with E-state index in [1.807, 2.05) is 0 Å². The van der Waals surface area contributed by atoms with Gasteiger partial charge in [-0.2, -0.15) is 16.8 Å². The average molecular weight is 480 g/mol. The minimum absolute atomic E-state index is 0. The van der Waals surface area contributed by atoms with Crippen LogP contribution in [0.4, 0.5) is 0 Å². The molecule has 0 saturated heterocycles. The predicted octanol–water partition coefficient (Wildman–Crippen LogP) is -16.0. The first-order valence-electron chi connectivity index (χ1n) is 2.73. The largest absolute Gasteiger partial charge is 1.00 e. The van der Waals surface area contributed by atoms with Crippen LogP contribution in [0.15, 0.2) is 0 Å². The Morgan fingerprint density at radius 1 is 0.417 bits per heavy atom. The van der Waals surface area contributed by atoms with Crippen molar-refractivity contribution in [2.24, 2.45) is 0 Å². The third-order valence-electron chi connectivity index (χ3n) is 0. The van der Waals surface area contributed by atoms with Gasteiger partial charge in [0.25, 0.3) is 0 Å². The van der Waals surface area contributed by atoms with E-state index in [9.17, 15) is 0 Å². The number of hydrogen-bond donors (Lipinski definition) is 4. The molecule has 0 aromatic rings. The van der Waals surface area contributed by atoms with Gasteiger partial charge >= 0.3 is 139 Å². The zero-order chi connectivity index (χ0) is 18.0. The SMILES string of the molecule is O=S(=O)(O)O.O=S(=O)(O)O.O=S(=O)([O-])[O-].O=S(=O)([O-])[O-].[Na+].[Na+].[Na+].[Na+]. The molecule has 24 heavy (non-hydrogen) atoms. The van der Waals surface area contributed by atoms with Gasteiger partial charge < -0.3 is 18.2 Å². The van der Waals surface area contributed by atoms with Crippen LogP contribution >= 0.6 is 0 Å². The van der Waals surface area contributed by atoms with E-state index in [2.05, 4.69) is 0 Å². The fourth-order valence-electron chi connectivity index (χ4n) is 0. The van der Waals surface area contributed by atoms with E-state index in [1.165, 1.54) is 0 Å². The van der Waals surface area contributed by atoms with Crippen LogP contribution in [0.25, 0.3) is 0 Å². The predicted molar refractivity (Wildman–Crippen MR) is 49.3 cm³/mol. The Labute approximate surface area is 226 Å². The zero-order valence-electron chi connectivity index (χ0n) is 12.3. The summed E-state index contributed by atoms with van der Waals surface area (Å²) in [6, 6.07) is 0. The summed E-state index contributed by atoms with van der Waals surface area (Å²) in [5.41, 5.74) is 0. The van der Waals surface area contributed by atoms with Crippen LogP contribution in [0.1, 0.15) is 0 Å². The van der Waals surface area contributed by atoms with Gasteiger partial charge in [0.2, 0.25) is 0 Å². The van der Waals surface area contributed by atoms with Crippen LogP contribution in [0.3, 0.4) is 0 Å². The minimum atomic E-state index is -5.17. The first-order valence-corrected chi connectivity index (χ1v) is 8.19. The van der Waals surface area contributed by atoms with Gasteiger partial charge in [-0.15, -0.1) is 0 Å². The van der Waals surface area contributed by atoms with E-state index in [-0.39, 0.29) is 118 Å². The van der Waals surface area contributed by atoms with E-state index in [0.29, 0.717) is 0 Å². The van der Waals surface area contributed by atoms with Crippen molar-refractivity contribution in [1.82, 2.24) is 0 Å². The van der Waals surface area contributed by atoms with Crippen molar-refractivity contribution in [3.63, 3.8) is 0 Å². The Kier molecular flexibility index (Phi) is 48.2. The quantitative estimate of drug-likeness (QED) is 0.142. The molecule has 4 N–H and O–H groups in total. The standard InChI is InChI=1S/4Na.4H2O4S/c;;;;4*1-5(2,3)4/h;;;;4*(H2,1,2,3,4)/q4*+1;;;;/p-4. The minimum Gasteiger partial charge on any atom is -0.759 e. The topological polar surface area (TPSA) is 310 Å². The Balaban J connectivity index is -0.0000000225. The van der Waals surface area contributed by atoms with Crippen LogP contribution in [-0.2, 0) is 41.6 Å². The van der Waals surface area contributed by atoms with Crippen molar-refractivity contribution >= 4 is 41.6 Å². The normalized spacial score (nSPS) is 9.67. The van der Waals surface area contributed by atoms with E-state index >= 15 is 0 Å². The van der Waals surface area contributed by atoms with E-state index < -0.39 is 41.6 Å². The van der Waals surface area contributed by atoms with Crippen LogP contribution in [-0.4, -0.2) is 70.1 Å². The summed E-state index contributed by atoms with van der Waals surface area (Å²) in [4.78, 5) is 0. The van der Waals surface area contributed by atoms with Crippen LogP contribution in [0.5, 0.6) is 0 Å². The maximum atomic E-state index is 8.74. The molecule has 0 atom stereocenters. The molecule has 0 aromatic carbocycles. The Bertz CT molecular complexity index is 483. The molecule has 0 heterocycles. The molecule has 0 amide bonds. The molecule has 0 fully saturated rings. The molecule has 0 aliphatic carbocycles. The van der Waals surface area contributed by atoms with Gasteiger partial charge in [-0.1, -0.05) is 0 Å². The molecule has 0 unspecified atom stereocenters. The van der Waals surface area contributed by atoms with E-state index in [4.69, 9.17) is 70.1 Å². The maximum absolute atomic E-state index is 8.74. The van der Waals surface area contributed by atoms with Crippen LogP contribution in [0.2, 0.25) is 0 Å². The van der Waals surface area contributed by atoms with Gasteiger partial charge in [0, 0.05) is 20.8 Å². The molecular formula is H4Na4O16S4. The van der Waals surface area contributed by atoms with Crippen LogP contribution in [0, 0.1) is 0 Å². The van der Waals surface area contributed by atoms with Gasteiger partial charge in [-0.25, -0.2) is 0 Å². The molecule has 16 nitrogen and oxygen atoms in total. The molecule has 0 rings (SSSR count). The van der Waals surface area contributed by atoms with Crippen molar-refractivity contribution in [1.29, 1.82) is 0 Å². The smallest absolute Gasteiger partial charge is 0.759 e. The fourth-order valence-corrected chi connectivity index (χ4v) is 0. The second-order valence-corrected chi connectivity index (χ2v) is 5.14. The molecular weight excluding hydrogens is 476 g/mol. The van der Waals surface area contributed by atoms with Gasteiger partial charge in [-0.05, 0) is 0 Å². The number of rotatable bonds is 0. The van der Waals surface area contributed by atoms with Crippen molar-refractivity contribution in [3.05, 3.63) is 0 Å². The summed E-state index contributed by atoms with van der Waals surface area (Å²) >= 11 is 0.